The number of aromatic nitrogens is 3. The first-order valence-electron chi connectivity index (χ1n) is 17.8. The Morgan fingerprint density at radius 2 is 1.53 bits per heavy atom. The van der Waals surface area contributed by atoms with Gasteiger partial charge in [0.25, 0.3) is 5.91 Å². The molecule has 7 N–H and O–H groups in total. The summed E-state index contributed by atoms with van der Waals surface area (Å²) in [6.07, 6.45) is 3.08. The van der Waals surface area contributed by atoms with Crippen LogP contribution in [0.5, 0.6) is 0 Å². The first-order chi connectivity index (χ1) is 26.0. The zero-order chi connectivity index (χ0) is 40.1. The molecule has 3 amide bonds. The number of carbonyl (C=O) groups excluding carboxylic acids is 3. The Labute approximate surface area is 314 Å². The molecule has 1 atom stereocenters. The van der Waals surface area contributed by atoms with E-state index in [0.717, 1.165) is 35.1 Å². The molecule has 3 aromatic carbocycles. The van der Waals surface area contributed by atoms with Crippen molar-refractivity contribution in [2.45, 2.75) is 76.8 Å². The van der Waals surface area contributed by atoms with E-state index in [2.05, 4.69) is 26.1 Å². The lowest BCUT2D eigenvalue weighted by Crippen LogP contribution is -2.48. The number of nitrogens with zero attached hydrogens (tertiary/aromatic N) is 2. The highest BCUT2D eigenvalue weighted by Crippen LogP contribution is 2.42. The molecule has 12 nitrogen and oxygen atoms in total. The molecule has 0 spiro atoms. The maximum Gasteiger partial charge on any atom is 0.411 e. The highest BCUT2D eigenvalue weighted by molar-refractivity contribution is 5.98. The summed E-state index contributed by atoms with van der Waals surface area (Å²) in [7, 11) is 0. The third kappa shape index (κ3) is 9.36. The van der Waals surface area contributed by atoms with Crippen molar-refractivity contribution in [3.8, 4) is 22.5 Å². The number of carboxylic acids is 1. The summed E-state index contributed by atoms with van der Waals surface area (Å²) in [4.78, 5) is 52.3. The molecule has 1 aromatic heterocycles. The number of alkyl halides is 4. The number of aromatic amines is 1. The van der Waals surface area contributed by atoms with Crippen LogP contribution in [0, 0.1) is 18.8 Å². The smallest absolute Gasteiger partial charge is 0.411 e. The van der Waals surface area contributed by atoms with Gasteiger partial charge in [0.2, 0.25) is 17.6 Å². The molecule has 4 aromatic rings. The van der Waals surface area contributed by atoms with Crippen LogP contribution in [-0.4, -0.2) is 68.5 Å². The van der Waals surface area contributed by atoms with E-state index in [9.17, 15) is 36.7 Å². The first-order valence-corrected chi connectivity index (χ1v) is 17.8. The number of aryl methyl sites for hydroxylation is 1. The van der Waals surface area contributed by atoms with E-state index in [1.54, 1.807) is 6.07 Å². The van der Waals surface area contributed by atoms with Gasteiger partial charge in [0.05, 0.1) is 0 Å². The molecule has 0 unspecified atom stereocenters. The van der Waals surface area contributed by atoms with Crippen molar-refractivity contribution in [1.29, 1.82) is 0 Å². The molecule has 16 heteroatoms. The normalized spacial score (nSPS) is 16.7. The van der Waals surface area contributed by atoms with E-state index in [-0.39, 0.29) is 47.3 Å². The third-order valence-electron chi connectivity index (χ3n) is 9.67. The molecule has 1 heterocycles. The van der Waals surface area contributed by atoms with E-state index < -0.39 is 35.6 Å². The molecule has 0 radical (unpaired) electrons. The molecular weight excluding hydrogens is 722 g/mol. The second kappa shape index (κ2) is 16.8. The van der Waals surface area contributed by atoms with E-state index in [1.165, 1.54) is 24.3 Å². The Hall–Kier alpha value is -5.64. The van der Waals surface area contributed by atoms with Gasteiger partial charge in [-0.1, -0.05) is 30.3 Å². The predicted octanol–water partition coefficient (Wildman–Crippen LogP) is 5.83. The van der Waals surface area contributed by atoms with Gasteiger partial charge in [0.15, 0.2) is 5.82 Å². The van der Waals surface area contributed by atoms with Gasteiger partial charge in [0.1, 0.15) is 6.04 Å². The molecule has 0 bridgehead atoms. The van der Waals surface area contributed by atoms with E-state index in [1.807, 2.05) is 62.2 Å². The number of rotatable bonds is 14. The summed E-state index contributed by atoms with van der Waals surface area (Å²) < 4.78 is 55.8. The molecule has 1 saturated carbocycles. The number of anilines is 1. The highest BCUT2D eigenvalue weighted by Gasteiger charge is 2.65. The maximum absolute atomic E-state index is 14.2. The first kappa shape index (κ1) is 40.5. The van der Waals surface area contributed by atoms with Crippen molar-refractivity contribution in [3.05, 3.63) is 89.2 Å². The largest absolute Gasteiger partial charge is 0.477 e. The van der Waals surface area contributed by atoms with Crippen LogP contribution in [0.4, 0.5) is 23.2 Å². The van der Waals surface area contributed by atoms with Crippen LogP contribution in [0.3, 0.4) is 0 Å². The minimum atomic E-state index is -5.44. The lowest BCUT2D eigenvalue weighted by Gasteiger charge is -2.28. The molecular formula is C39H43F4N7O5. The molecule has 55 heavy (non-hydrogen) atoms. The summed E-state index contributed by atoms with van der Waals surface area (Å²) in [6, 6.07) is 17.6. The van der Waals surface area contributed by atoms with Crippen molar-refractivity contribution < 1.29 is 41.8 Å². The Balaban J connectivity index is 1.31. The molecule has 1 fully saturated rings. The highest BCUT2D eigenvalue weighted by atomic mass is 19.3. The monoisotopic (exact) mass is 765 g/mol. The van der Waals surface area contributed by atoms with Crippen LogP contribution in [0.25, 0.3) is 22.5 Å². The van der Waals surface area contributed by atoms with Crippen LogP contribution in [0.1, 0.15) is 66.8 Å². The number of amides is 3. The molecule has 0 aliphatic heterocycles. The molecule has 0 saturated heterocycles. The van der Waals surface area contributed by atoms with Crippen LogP contribution >= 0.6 is 0 Å². The summed E-state index contributed by atoms with van der Waals surface area (Å²) >= 11 is 0. The molecule has 1 aliphatic rings. The van der Waals surface area contributed by atoms with Crippen molar-refractivity contribution >= 4 is 29.4 Å². The summed E-state index contributed by atoms with van der Waals surface area (Å²) in [6.45, 7) is 6.25. The quantitative estimate of drug-likeness (QED) is 0.0864. The number of nitrogens with two attached hydrogens (primary N) is 1. The Morgan fingerprint density at radius 1 is 0.891 bits per heavy atom. The minimum Gasteiger partial charge on any atom is -0.477 e. The van der Waals surface area contributed by atoms with E-state index >= 15 is 0 Å². The number of H-pyrrole nitrogens is 1. The lowest BCUT2D eigenvalue weighted by molar-refractivity contribution is -0.231. The second-order valence-corrected chi connectivity index (χ2v) is 14.1. The van der Waals surface area contributed by atoms with Crippen molar-refractivity contribution in [2.75, 3.05) is 11.9 Å². The lowest BCUT2D eigenvalue weighted by atomic mass is 9.81. The van der Waals surface area contributed by atoms with Crippen molar-refractivity contribution in [3.63, 3.8) is 0 Å². The second-order valence-electron chi connectivity index (χ2n) is 14.1. The summed E-state index contributed by atoms with van der Waals surface area (Å²) in [5.41, 5.74) is 10.3. The molecule has 5 rings (SSSR count). The standard InChI is InChI=1S/C39H43F4N7O5/c1-21(2)45-34(52)28-14-17-30(22(3)18-28)25-8-4-23(5-9-25)19-31(47-33(51)27-10-6-24(20-44)7-11-27)35(53)46-29-15-12-26(13-16-29)32-48-36(50-49-32)38(40,41)39(42,43)37(54)55/h4-5,8-9,12-18,21,24,27,31H,6-7,10-11,19-20,44H2,1-3H3,(H,45,52)(H,46,53)(H,47,51)(H,54,55)(H,48,49,50)/t24-,27-,31-/m0/s1. The number of halogens is 4. The average molecular weight is 766 g/mol. The van der Waals surface area contributed by atoms with E-state index in [0.29, 0.717) is 30.9 Å². The topological polar surface area (TPSA) is 192 Å². The minimum absolute atomic E-state index is 0.00323. The van der Waals surface area contributed by atoms with Crippen molar-refractivity contribution in [1.82, 2.24) is 25.8 Å². The van der Waals surface area contributed by atoms with E-state index in [4.69, 9.17) is 10.8 Å². The van der Waals surface area contributed by atoms with Gasteiger partial charge >= 0.3 is 17.8 Å². The number of hydrogen-bond donors (Lipinski definition) is 6. The zero-order valence-electron chi connectivity index (χ0n) is 30.5. The molecule has 292 valence electrons. The van der Waals surface area contributed by atoms with Crippen molar-refractivity contribution in [2.24, 2.45) is 17.6 Å². The Morgan fingerprint density at radius 3 is 2.11 bits per heavy atom. The van der Waals surface area contributed by atoms with Gasteiger partial charge in [-0.3, -0.25) is 14.4 Å². The summed E-state index contributed by atoms with van der Waals surface area (Å²) in [5, 5.41) is 23.6. The van der Waals surface area contributed by atoms with Gasteiger partial charge in [-0.15, -0.1) is 10.2 Å². The van der Waals surface area contributed by atoms with Gasteiger partial charge < -0.3 is 31.8 Å². The van der Waals surface area contributed by atoms with Crippen LogP contribution in [0.2, 0.25) is 0 Å². The number of carbonyl (C=O) groups is 4. The summed E-state index contributed by atoms with van der Waals surface area (Å²) in [5.74, 6) is -16.4. The van der Waals surface area contributed by atoms with Gasteiger partial charge in [0, 0.05) is 35.2 Å². The fraction of sp³-hybridized carbons (Fsp3) is 0.385. The zero-order valence-corrected chi connectivity index (χ0v) is 30.5. The maximum atomic E-state index is 14.2. The Kier molecular flexibility index (Phi) is 12.4. The average Bonchev–Trinajstić information content (AvgIpc) is 3.66. The number of carboxylic acid groups (broad SMARTS) is 1. The fourth-order valence-corrected chi connectivity index (χ4v) is 6.45. The number of nitrogens with one attached hydrogen (secondary N) is 4. The third-order valence-corrected chi connectivity index (χ3v) is 9.67. The SMILES string of the molecule is Cc1cc(C(=O)NC(C)C)ccc1-c1ccc(C[C@H](NC(=O)[C@H]2CC[C@H](CN)CC2)C(=O)Nc2ccc(-c3nnc(C(F)(F)C(F)(F)C(=O)O)[nH]3)cc2)cc1. The Bertz CT molecular complexity index is 2010. The van der Waals surface area contributed by atoms with Gasteiger partial charge in [-0.05, 0) is 118 Å². The number of benzene rings is 3. The number of aliphatic carboxylic acids is 1. The van der Waals surface area contributed by atoms with Crippen LogP contribution < -0.4 is 21.7 Å². The number of hydrogen-bond acceptors (Lipinski definition) is 7. The fourth-order valence-electron chi connectivity index (χ4n) is 6.45. The van der Waals surface area contributed by atoms with Crippen LogP contribution in [0.15, 0.2) is 66.7 Å². The van der Waals surface area contributed by atoms with Gasteiger partial charge in [-0.2, -0.15) is 17.6 Å². The van der Waals surface area contributed by atoms with Gasteiger partial charge in [-0.25, -0.2) is 4.79 Å². The molecule has 1 aliphatic carbocycles. The van der Waals surface area contributed by atoms with Crippen LogP contribution in [-0.2, 0) is 26.7 Å². The predicted molar refractivity (Wildman–Crippen MR) is 196 cm³/mol.